The average Bonchev–Trinajstić information content (AvgIpc) is 2.66. The van der Waals surface area contributed by atoms with Crippen LogP contribution in [0.4, 0.5) is 5.69 Å². The van der Waals surface area contributed by atoms with E-state index in [9.17, 15) is 0 Å². The first-order valence-electron chi connectivity index (χ1n) is 4.69. The molecule has 3 nitrogen and oxygen atoms in total. The Morgan fingerprint density at radius 3 is 2.87 bits per heavy atom. The molecule has 0 aromatic heterocycles. The molecule has 0 fully saturated rings. The molecular weight excluding hydrogens is 186 g/mol. The smallest absolute Gasteiger partial charge is 0.316 e. The molecule has 0 radical (unpaired) electrons. The molecule has 0 unspecified atom stereocenters. The standard InChI is InChI=1S/C12H7N3/c13-15-8-5-6-12-10(7-8)9-3-1-2-4-11(9)14-12/h1-7H. The minimum atomic E-state index is 0.556. The van der Waals surface area contributed by atoms with Crippen molar-refractivity contribution in [2.45, 2.75) is 0 Å². The molecule has 70 valence electrons. The molecule has 3 rings (SSSR count). The molecule has 1 aliphatic heterocycles. The number of rotatable bonds is 0. The number of hydrogen-bond donors (Lipinski definition) is 0. The highest BCUT2D eigenvalue weighted by Crippen LogP contribution is 2.35. The second-order valence-electron chi connectivity index (χ2n) is 3.43. The van der Waals surface area contributed by atoms with E-state index in [2.05, 4.69) is 9.78 Å². The van der Waals surface area contributed by atoms with Gasteiger partial charge in [0.05, 0.1) is 11.4 Å². The van der Waals surface area contributed by atoms with Crippen molar-refractivity contribution in [2.24, 2.45) is 4.99 Å². The quantitative estimate of drug-likeness (QED) is 0.345. The monoisotopic (exact) mass is 193 g/mol. The van der Waals surface area contributed by atoms with Crippen LogP contribution in [-0.2, 0) is 0 Å². The summed E-state index contributed by atoms with van der Waals surface area (Å²) in [6, 6.07) is 7.94. The summed E-state index contributed by atoms with van der Waals surface area (Å²) in [5.74, 6) is 0. The molecule has 1 aromatic rings. The molecule has 0 saturated carbocycles. The molecule has 0 amide bonds. The van der Waals surface area contributed by atoms with Gasteiger partial charge < -0.3 is 5.53 Å². The fourth-order valence-corrected chi connectivity index (χ4v) is 1.83. The molecule has 1 heterocycles. The number of para-hydroxylation sites is 1. The van der Waals surface area contributed by atoms with Crippen molar-refractivity contribution >= 4 is 22.7 Å². The molecule has 15 heavy (non-hydrogen) atoms. The summed E-state index contributed by atoms with van der Waals surface area (Å²) in [4.78, 5) is 7.65. The van der Waals surface area contributed by atoms with Crippen molar-refractivity contribution in [3.63, 3.8) is 0 Å². The summed E-state index contributed by atoms with van der Waals surface area (Å²) in [6.07, 6.45) is 5.45. The molecule has 3 heteroatoms. The Kier molecular flexibility index (Phi) is 1.55. The van der Waals surface area contributed by atoms with Crippen LogP contribution in [-0.4, -0.2) is 16.2 Å². The molecule has 0 spiro atoms. The van der Waals surface area contributed by atoms with Gasteiger partial charge in [-0.3, -0.25) is 0 Å². The number of nitrogens with zero attached hydrogens (tertiary/aromatic N) is 3. The summed E-state index contributed by atoms with van der Waals surface area (Å²) in [6.45, 7) is 0. The van der Waals surface area contributed by atoms with E-state index in [0.717, 1.165) is 22.5 Å². The van der Waals surface area contributed by atoms with E-state index >= 15 is 0 Å². The van der Waals surface area contributed by atoms with Gasteiger partial charge in [-0.1, -0.05) is 18.2 Å². The van der Waals surface area contributed by atoms with Gasteiger partial charge in [-0.2, -0.15) is 4.79 Å². The van der Waals surface area contributed by atoms with Crippen LogP contribution in [0.2, 0.25) is 0 Å². The van der Waals surface area contributed by atoms with Crippen LogP contribution in [0.25, 0.3) is 11.1 Å². The van der Waals surface area contributed by atoms with Gasteiger partial charge >= 0.3 is 5.71 Å². The summed E-state index contributed by atoms with van der Waals surface area (Å²) >= 11 is 0. The van der Waals surface area contributed by atoms with Crippen LogP contribution in [0, 0.1) is 0 Å². The van der Waals surface area contributed by atoms with Crippen LogP contribution < -0.4 is 0 Å². The topological polar surface area (TPSA) is 48.8 Å². The normalized spacial score (nSPS) is 16.4. The van der Waals surface area contributed by atoms with E-state index in [0.29, 0.717) is 5.71 Å². The lowest BCUT2D eigenvalue weighted by atomic mass is 9.97. The van der Waals surface area contributed by atoms with Gasteiger partial charge in [-0.05, 0) is 12.1 Å². The Bertz CT molecular complexity index is 585. The Balaban J connectivity index is 2.26. The number of allylic oxidation sites excluding steroid dienone is 4. The maximum absolute atomic E-state index is 8.71. The third-order valence-electron chi connectivity index (χ3n) is 2.53. The van der Waals surface area contributed by atoms with Crippen LogP contribution in [0.15, 0.2) is 47.5 Å². The van der Waals surface area contributed by atoms with Gasteiger partial charge in [0.2, 0.25) is 0 Å². The van der Waals surface area contributed by atoms with Crippen LogP contribution in [0.1, 0.15) is 5.56 Å². The lowest BCUT2D eigenvalue weighted by Gasteiger charge is -2.01. The fraction of sp³-hybridized carbons (Fsp3) is 0. The molecule has 2 aliphatic rings. The lowest BCUT2D eigenvalue weighted by Crippen LogP contribution is -2.04. The number of benzene rings is 1. The van der Waals surface area contributed by atoms with Gasteiger partial charge in [-0.15, -0.1) is 0 Å². The summed E-state index contributed by atoms with van der Waals surface area (Å²) in [5.41, 5.74) is 13.3. The number of fused-ring (bicyclic) bond motifs is 3. The van der Waals surface area contributed by atoms with Gasteiger partial charge in [0.15, 0.2) is 0 Å². The van der Waals surface area contributed by atoms with Gasteiger partial charge in [0.1, 0.15) is 0 Å². The zero-order chi connectivity index (χ0) is 10.3. The summed E-state index contributed by atoms with van der Waals surface area (Å²) in [7, 11) is 0. The van der Waals surface area contributed by atoms with E-state index < -0.39 is 0 Å². The molecular formula is C12H7N3. The lowest BCUT2D eigenvalue weighted by molar-refractivity contribution is -0.00147. The first kappa shape index (κ1) is 8.09. The minimum absolute atomic E-state index is 0.556. The maximum atomic E-state index is 8.71. The highest BCUT2D eigenvalue weighted by molar-refractivity contribution is 6.39. The summed E-state index contributed by atoms with van der Waals surface area (Å²) in [5, 5.41) is 0. The molecule has 0 bridgehead atoms. The largest absolute Gasteiger partial charge is 0.361 e. The highest BCUT2D eigenvalue weighted by atomic mass is 14.9. The summed E-state index contributed by atoms with van der Waals surface area (Å²) < 4.78 is 0. The first-order chi connectivity index (χ1) is 7.38. The molecule has 1 aliphatic carbocycles. The van der Waals surface area contributed by atoms with E-state index in [1.54, 1.807) is 6.08 Å². The zero-order valence-corrected chi connectivity index (χ0v) is 7.88. The molecule has 0 atom stereocenters. The third-order valence-corrected chi connectivity index (χ3v) is 2.53. The predicted molar refractivity (Wildman–Crippen MR) is 59.3 cm³/mol. The van der Waals surface area contributed by atoms with Crippen LogP contribution in [0.3, 0.4) is 0 Å². The number of hydrogen-bond acceptors (Lipinski definition) is 1. The average molecular weight is 193 g/mol. The van der Waals surface area contributed by atoms with E-state index in [4.69, 9.17) is 5.53 Å². The van der Waals surface area contributed by atoms with E-state index in [1.165, 1.54) is 0 Å². The second kappa shape index (κ2) is 2.87. The van der Waals surface area contributed by atoms with Crippen molar-refractivity contribution in [1.29, 1.82) is 0 Å². The Morgan fingerprint density at radius 1 is 1.13 bits per heavy atom. The molecule has 0 saturated heterocycles. The Labute approximate surface area is 86.7 Å². The maximum Gasteiger partial charge on any atom is 0.316 e. The van der Waals surface area contributed by atoms with Crippen LogP contribution in [0.5, 0.6) is 0 Å². The molecule has 0 N–H and O–H groups in total. The zero-order valence-electron chi connectivity index (χ0n) is 7.88. The SMILES string of the molecule is [N-]=[N+]=C1C=CC2=Nc3ccccc3C2=C1. The Hall–Kier alpha value is -2.25. The molecule has 1 aromatic carbocycles. The van der Waals surface area contributed by atoms with Gasteiger partial charge in [-0.25, -0.2) is 4.99 Å². The third kappa shape index (κ3) is 1.11. The van der Waals surface area contributed by atoms with Crippen molar-refractivity contribution < 1.29 is 4.79 Å². The van der Waals surface area contributed by atoms with Gasteiger partial charge in [0, 0.05) is 23.3 Å². The predicted octanol–water partition coefficient (Wildman–Crippen LogP) is 2.40. The first-order valence-corrected chi connectivity index (χ1v) is 4.69. The van der Waals surface area contributed by atoms with Crippen LogP contribution >= 0.6 is 0 Å². The second-order valence-corrected chi connectivity index (χ2v) is 3.43. The fourth-order valence-electron chi connectivity index (χ4n) is 1.83. The van der Waals surface area contributed by atoms with Crippen molar-refractivity contribution in [3.8, 4) is 0 Å². The minimum Gasteiger partial charge on any atom is -0.361 e. The van der Waals surface area contributed by atoms with Gasteiger partial charge in [0.25, 0.3) is 0 Å². The Morgan fingerprint density at radius 2 is 2.00 bits per heavy atom. The van der Waals surface area contributed by atoms with E-state index in [-0.39, 0.29) is 0 Å². The highest BCUT2D eigenvalue weighted by Gasteiger charge is 2.23. The van der Waals surface area contributed by atoms with Crippen molar-refractivity contribution in [1.82, 2.24) is 0 Å². The van der Waals surface area contributed by atoms with Crippen molar-refractivity contribution in [3.05, 3.63) is 53.6 Å². The van der Waals surface area contributed by atoms with Crippen molar-refractivity contribution in [2.75, 3.05) is 0 Å². The van der Waals surface area contributed by atoms with E-state index in [1.807, 2.05) is 36.4 Å². The number of aliphatic imine (C=N–C) groups is 1.